The van der Waals surface area contributed by atoms with Crippen molar-refractivity contribution >= 4 is 43.7 Å². The molecule has 0 saturated carbocycles. The second-order valence-corrected chi connectivity index (χ2v) is 7.89. The zero-order valence-electron chi connectivity index (χ0n) is 16.7. The molecule has 140 valence electrons. The number of para-hydroxylation sites is 2. The number of furan rings is 1. The first-order valence-corrected chi connectivity index (χ1v) is 9.91. The smallest absolute Gasteiger partial charge is 0.289 e. The van der Waals surface area contributed by atoms with Gasteiger partial charge in [-0.25, -0.2) is 9.13 Å². The predicted molar refractivity (Wildman–Crippen MR) is 119 cm³/mol. The van der Waals surface area contributed by atoms with Gasteiger partial charge in [0.25, 0.3) is 5.82 Å². The first-order valence-electron chi connectivity index (χ1n) is 9.91. The Morgan fingerprint density at radius 3 is 2.24 bits per heavy atom. The van der Waals surface area contributed by atoms with Crippen LogP contribution in [0.4, 0.5) is 0 Å². The monoisotopic (exact) mass is 377 g/mol. The molecule has 0 unspecified atom stereocenters. The lowest BCUT2D eigenvalue weighted by atomic mass is 10.0. The number of rotatable bonds is 1. The van der Waals surface area contributed by atoms with Gasteiger partial charge in [-0.3, -0.25) is 0 Å². The third kappa shape index (κ3) is 2.21. The van der Waals surface area contributed by atoms with Crippen LogP contribution in [0.1, 0.15) is 5.56 Å². The molecule has 3 nitrogen and oxygen atoms in total. The van der Waals surface area contributed by atoms with Crippen LogP contribution in [0, 0.1) is 6.92 Å². The van der Waals surface area contributed by atoms with E-state index in [0.717, 1.165) is 11.2 Å². The van der Waals surface area contributed by atoms with Crippen molar-refractivity contribution in [3.63, 3.8) is 0 Å². The molecule has 6 aromatic rings. The number of fused-ring (bicyclic) bond motifs is 5. The van der Waals surface area contributed by atoms with Crippen molar-refractivity contribution in [3.8, 4) is 11.4 Å². The summed E-state index contributed by atoms with van der Waals surface area (Å²) in [5.41, 5.74) is 6.76. The SMILES string of the molecule is Cc1cc2c(cc1-c1n(C)c3ccccc3[n+]1C)oc1cc3ccccc3cc12. The van der Waals surface area contributed by atoms with Crippen molar-refractivity contribution in [1.82, 2.24) is 4.57 Å². The summed E-state index contributed by atoms with van der Waals surface area (Å²) in [6, 6.07) is 25.8. The highest BCUT2D eigenvalue weighted by Gasteiger charge is 2.24. The van der Waals surface area contributed by atoms with Gasteiger partial charge in [0.1, 0.15) is 11.2 Å². The van der Waals surface area contributed by atoms with E-state index in [-0.39, 0.29) is 0 Å². The fourth-order valence-electron chi connectivity index (χ4n) is 4.70. The molecule has 0 spiro atoms. The number of aromatic nitrogens is 2. The van der Waals surface area contributed by atoms with Gasteiger partial charge >= 0.3 is 0 Å². The van der Waals surface area contributed by atoms with Crippen molar-refractivity contribution in [3.05, 3.63) is 78.4 Å². The van der Waals surface area contributed by atoms with Crippen LogP contribution >= 0.6 is 0 Å². The summed E-state index contributed by atoms with van der Waals surface area (Å²) in [5, 5.41) is 4.80. The van der Waals surface area contributed by atoms with Gasteiger partial charge < -0.3 is 4.42 Å². The molecule has 0 aliphatic carbocycles. The zero-order valence-corrected chi connectivity index (χ0v) is 16.7. The Morgan fingerprint density at radius 1 is 0.793 bits per heavy atom. The maximum atomic E-state index is 6.31. The predicted octanol–water partition coefficient (Wildman–Crippen LogP) is 6.03. The van der Waals surface area contributed by atoms with Crippen LogP contribution < -0.4 is 4.57 Å². The summed E-state index contributed by atoms with van der Waals surface area (Å²) >= 11 is 0. The number of hydrogen-bond acceptors (Lipinski definition) is 1. The molecule has 0 fully saturated rings. The standard InChI is InChI=1S/C26H21N2O/c1-16-12-20-21-13-17-8-4-5-9-18(17)14-24(21)29-25(20)15-19(16)26-27(2)22-10-6-7-11-23(22)28(26)3/h4-15H,1-3H3/q+1. The van der Waals surface area contributed by atoms with Gasteiger partial charge in [-0.15, -0.1) is 0 Å². The maximum absolute atomic E-state index is 6.31. The van der Waals surface area contributed by atoms with Gasteiger partial charge in [-0.2, -0.15) is 0 Å². The lowest BCUT2D eigenvalue weighted by molar-refractivity contribution is -0.634. The molecule has 0 amide bonds. The van der Waals surface area contributed by atoms with Crippen molar-refractivity contribution in [2.45, 2.75) is 6.92 Å². The second-order valence-electron chi connectivity index (χ2n) is 7.89. The van der Waals surface area contributed by atoms with E-state index in [1.165, 1.54) is 49.5 Å². The van der Waals surface area contributed by atoms with E-state index in [1.54, 1.807) is 0 Å². The topological polar surface area (TPSA) is 21.9 Å². The van der Waals surface area contributed by atoms with Gasteiger partial charge in [-0.1, -0.05) is 36.4 Å². The molecule has 6 rings (SSSR count). The Morgan fingerprint density at radius 2 is 1.45 bits per heavy atom. The van der Waals surface area contributed by atoms with Crippen LogP contribution in [0.15, 0.2) is 77.2 Å². The molecule has 4 aromatic carbocycles. The minimum atomic E-state index is 0.932. The molecule has 0 radical (unpaired) electrons. The third-order valence-electron chi connectivity index (χ3n) is 6.17. The lowest BCUT2D eigenvalue weighted by Gasteiger charge is -2.04. The number of imidazole rings is 1. The van der Waals surface area contributed by atoms with Crippen molar-refractivity contribution in [1.29, 1.82) is 0 Å². The van der Waals surface area contributed by atoms with Crippen LogP contribution in [0.25, 0.3) is 55.1 Å². The number of nitrogens with zero attached hydrogens (tertiary/aromatic N) is 2. The molecule has 3 heteroatoms. The van der Waals surface area contributed by atoms with E-state index in [0.29, 0.717) is 0 Å². The fourth-order valence-corrected chi connectivity index (χ4v) is 4.70. The minimum absolute atomic E-state index is 0.932. The molecule has 0 aliphatic rings. The van der Waals surface area contributed by atoms with E-state index in [9.17, 15) is 0 Å². The van der Waals surface area contributed by atoms with Crippen LogP contribution in [0.3, 0.4) is 0 Å². The Balaban J connectivity index is 1.68. The molecular weight excluding hydrogens is 356 g/mol. The number of benzene rings is 4. The Kier molecular flexibility index (Phi) is 3.22. The normalized spacial score (nSPS) is 12.0. The van der Waals surface area contributed by atoms with Crippen LogP contribution in [0.5, 0.6) is 0 Å². The Labute approximate surface area is 168 Å². The van der Waals surface area contributed by atoms with Gasteiger partial charge in [0.05, 0.1) is 19.7 Å². The molecule has 0 aliphatic heterocycles. The van der Waals surface area contributed by atoms with Crippen LogP contribution in [0.2, 0.25) is 0 Å². The summed E-state index contributed by atoms with van der Waals surface area (Å²) in [6.45, 7) is 2.19. The van der Waals surface area contributed by atoms with Crippen molar-refractivity contribution < 1.29 is 8.98 Å². The molecule has 2 heterocycles. The zero-order chi connectivity index (χ0) is 19.7. The highest BCUT2D eigenvalue weighted by atomic mass is 16.3. The van der Waals surface area contributed by atoms with Crippen molar-refractivity contribution in [2.24, 2.45) is 14.1 Å². The van der Waals surface area contributed by atoms with E-state index >= 15 is 0 Å². The van der Waals surface area contributed by atoms with E-state index in [4.69, 9.17) is 4.42 Å². The maximum Gasteiger partial charge on any atom is 0.289 e. The number of hydrogen-bond donors (Lipinski definition) is 0. The largest absolute Gasteiger partial charge is 0.456 e. The Bertz CT molecular complexity index is 1540. The van der Waals surface area contributed by atoms with Crippen LogP contribution in [-0.2, 0) is 14.1 Å². The minimum Gasteiger partial charge on any atom is -0.456 e. The Hall–Kier alpha value is -3.59. The summed E-state index contributed by atoms with van der Waals surface area (Å²) < 4.78 is 10.8. The molecule has 0 N–H and O–H groups in total. The summed E-state index contributed by atoms with van der Waals surface area (Å²) in [6.07, 6.45) is 0. The third-order valence-corrected chi connectivity index (χ3v) is 6.17. The molecule has 0 bridgehead atoms. The highest BCUT2D eigenvalue weighted by molar-refractivity contribution is 6.11. The van der Waals surface area contributed by atoms with Crippen LogP contribution in [-0.4, -0.2) is 4.57 Å². The summed E-state index contributed by atoms with van der Waals surface area (Å²) in [4.78, 5) is 0. The lowest BCUT2D eigenvalue weighted by Crippen LogP contribution is -2.30. The van der Waals surface area contributed by atoms with Gasteiger partial charge in [0.2, 0.25) is 0 Å². The molecule has 29 heavy (non-hydrogen) atoms. The first kappa shape index (κ1) is 16.4. The van der Waals surface area contributed by atoms with E-state index in [1.807, 2.05) is 0 Å². The highest BCUT2D eigenvalue weighted by Crippen LogP contribution is 2.36. The van der Waals surface area contributed by atoms with E-state index in [2.05, 4.69) is 103 Å². The van der Waals surface area contributed by atoms with Crippen molar-refractivity contribution in [2.75, 3.05) is 0 Å². The average Bonchev–Trinajstić information content (AvgIpc) is 3.20. The quantitative estimate of drug-likeness (QED) is 0.321. The van der Waals surface area contributed by atoms with Gasteiger partial charge in [0.15, 0.2) is 11.0 Å². The van der Waals surface area contributed by atoms with E-state index < -0.39 is 0 Å². The molecule has 0 saturated heterocycles. The fraction of sp³-hybridized carbons (Fsp3) is 0.115. The summed E-state index contributed by atoms with van der Waals surface area (Å²) in [7, 11) is 4.26. The average molecular weight is 377 g/mol. The van der Waals surface area contributed by atoms with Gasteiger partial charge in [0, 0.05) is 10.8 Å². The first-order chi connectivity index (χ1) is 14.1. The molecule has 0 atom stereocenters. The number of aryl methyl sites for hydroxylation is 3. The second kappa shape index (κ2) is 5.71. The van der Waals surface area contributed by atoms with Gasteiger partial charge in [-0.05, 0) is 59.7 Å². The molecular formula is C26H21N2O+. The summed E-state index contributed by atoms with van der Waals surface area (Å²) in [5.74, 6) is 1.18. The molecule has 2 aromatic heterocycles.